The van der Waals surface area contributed by atoms with Crippen molar-refractivity contribution in [3.8, 4) is 10.8 Å². The zero-order chi connectivity index (χ0) is 9.26. The average Bonchev–Trinajstić information content (AvgIpc) is 2.75. The van der Waals surface area contributed by atoms with Crippen molar-refractivity contribution in [2.24, 2.45) is 0 Å². The Hall–Kier alpha value is -1.18. The van der Waals surface area contributed by atoms with E-state index in [1.165, 1.54) is 12.5 Å². The van der Waals surface area contributed by atoms with Crippen LogP contribution in [0.25, 0.3) is 10.8 Å². The highest BCUT2D eigenvalue weighted by molar-refractivity contribution is 7.16. The molecule has 82 valence electrons. The molecule has 0 bridgehead atoms. The van der Waals surface area contributed by atoms with Crippen LogP contribution in [0, 0.1) is 0 Å². The van der Waals surface area contributed by atoms with Crippen molar-refractivity contribution < 1.29 is 9.90 Å². The highest BCUT2D eigenvalue weighted by atomic mass is 35.5. The lowest BCUT2D eigenvalue weighted by molar-refractivity contribution is 0.0702. The van der Waals surface area contributed by atoms with E-state index in [9.17, 15) is 4.79 Å². The Morgan fingerprint density at radius 3 is 2.60 bits per heavy atom. The maximum atomic E-state index is 10.5. The molecule has 9 heteroatoms. The number of rotatable bonds is 2. The second-order valence-corrected chi connectivity index (χ2v) is 3.20. The van der Waals surface area contributed by atoms with Crippen LogP contribution in [0.1, 0.15) is 9.67 Å². The molecule has 0 spiro atoms. The van der Waals surface area contributed by atoms with Gasteiger partial charge in [0.25, 0.3) is 0 Å². The number of carbonyl (C=O) groups is 1. The first-order valence-electron chi connectivity index (χ1n) is 3.32. The molecule has 0 amide bonds. The summed E-state index contributed by atoms with van der Waals surface area (Å²) in [5, 5.41) is 15.4. The minimum atomic E-state index is -0.983. The maximum Gasteiger partial charge on any atom is 0.347 e. The highest BCUT2D eigenvalue weighted by Gasteiger charge is 2.11. The number of hydrogen-bond donors (Lipinski definition) is 2. The Morgan fingerprint density at radius 1 is 1.40 bits per heavy atom. The summed E-state index contributed by atoms with van der Waals surface area (Å²) < 4.78 is 0. The lowest BCUT2D eigenvalue weighted by atomic mass is 10.6. The number of H-pyrrole nitrogens is 1. The van der Waals surface area contributed by atoms with Crippen LogP contribution in [0.4, 0.5) is 0 Å². The van der Waals surface area contributed by atoms with Crippen molar-refractivity contribution in [1.29, 1.82) is 0 Å². The number of halogens is 2. The number of nitrogens with one attached hydrogen (secondary N) is 1. The van der Waals surface area contributed by atoms with Crippen molar-refractivity contribution in [3.05, 3.63) is 17.4 Å². The van der Waals surface area contributed by atoms with Gasteiger partial charge in [0.1, 0.15) is 11.2 Å². The van der Waals surface area contributed by atoms with Crippen molar-refractivity contribution in [1.82, 2.24) is 20.2 Å². The normalized spacial score (nSPS) is 8.80. The van der Waals surface area contributed by atoms with Gasteiger partial charge in [0.15, 0.2) is 10.8 Å². The predicted octanol–water partition coefficient (Wildman–Crippen LogP) is 1.47. The summed E-state index contributed by atoms with van der Waals surface area (Å²) in [7, 11) is 0. The van der Waals surface area contributed by atoms with Crippen LogP contribution in [0.15, 0.2) is 12.5 Å². The van der Waals surface area contributed by atoms with Gasteiger partial charge in [0.05, 0.1) is 6.20 Å². The molecule has 0 radical (unpaired) electrons. The summed E-state index contributed by atoms with van der Waals surface area (Å²) in [6, 6.07) is 0. The first-order chi connectivity index (χ1) is 6.27. The van der Waals surface area contributed by atoms with Gasteiger partial charge in [-0.25, -0.2) is 14.8 Å². The Labute approximate surface area is 101 Å². The molecule has 0 saturated carbocycles. The van der Waals surface area contributed by atoms with Crippen molar-refractivity contribution >= 4 is 42.1 Å². The Balaban J connectivity index is 0.000000980. The summed E-state index contributed by atoms with van der Waals surface area (Å²) in [5.41, 5.74) is 0. The quantitative estimate of drug-likeness (QED) is 0.861. The largest absolute Gasteiger partial charge is 0.477 e. The Bertz CT molecular complexity index is 430. The molecule has 0 aliphatic rings. The Morgan fingerprint density at radius 2 is 2.13 bits per heavy atom. The Kier molecular flexibility index (Phi) is 5.20. The minimum absolute atomic E-state index is 0. The maximum absolute atomic E-state index is 10.5. The molecule has 2 aromatic rings. The number of aromatic amines is 1. The van der Waals surface area contributed by atoms with E-state index in [1.54, 1.807) is 0 Å². The third kappa shape index (κ3) is 2.88. The molecule has 6 nitrogen and oxygen atoms in total. The SMILES string of the molecule is Cl.Cl.O=C(O)c1cnc(-c2ncn[nH]2)s1. The van der Waals surface area contributed by atoms with E-state index < -0.39 is 5.97 Å². The van der Waals surface area contributed by atoms with Crippen LogP contribution in [0.3, 0.4) is 0 Å². The smallest absolute Gasteiger partial charge is 0.347 e. The van der Waals surface area contributed by atoms with E-state index in [4.69, 9.17) is 5.11 Å². The lowest BCUT2D eigenvalue weighted by Crippen LogP contribution is -1.89. The van der Waals surface area contributed by atoms with Crippen molar-refractivity contribution in [3.63, 3.8) is 0 Å². The molecule has 0 aliphatic heterocycles. The number of thiazole rings is 1. The van der Waals surface area contributed by atoms with Gasteiger partial charge in [-0.3, -0.25) is 5.10 Å². The van der Waals surface area contributed by atoms with Gasteiger partial charge < -0.3 is 5.11 Å². The molecular weight excluding hydrogens is 263 g/mol. The number of nitrogens with zero attached hydrogens (tertiary/aromatic N) is 3. The summed E-state index contributed by atoms with van der Waals surface area (Å²) in [4.78, 5) is 18.4. The van der Waals surface area contributed by atoms with Crippen LogP contribution in [-0.4, -0.2) is 31.2 Å². The zero-order valence-electron chi connectivity index (χ0n) is 7.08. The van der Waals surface area contributed by atoms with Crippen LogP contribution in [0.5, 0.6) is 0 Å². The zero-order valence-corrected chi connectivity index (χ0v) is 9.53. The molecule has 0 unspecified atom stereocenters. The fourth-order valence-corrected chi connectivity index (χ4v) is 1.49. The summed E-state index contributed by atoms with van der Waals surface area (Å²) in [5.74, 6) is -0.499. The molecular formula is C6H6Cl2N4O2S. The fourth-order valence-electron chi connectivity index (χ4n) is 0.791. The second-order valence-electron chi connectivity index (χ2n) is 2.17. The lowest BCUT2D eigenvalue weighted by Gasteiger charge is -1.83. The van der Waals surface area contributed by atoms with Gasteiger partial charge in [-0.15, -0.1) is 36.2 Å². The van der Waals surface area contributed by atoms with E-state index >= 15 is 0 Å². The van der Waals surface area contributed by atoms with E-state index in [-0.39, 0.29) is 29.7 Å². The molecule has 15 heavy (non-hydrogen) atoms. The third-order valence-electron chi connectivity index (χ3n) is 1.33. The van der Waals surface area contributed by atoms with Gasteiger partial charge in [-0.1, -0.05) is 0 Å². The minimum Gasteiger partial charge on any atom is -0.477 e. The van der Waals surface area contributed by atoms with Crippen LogP contribution in [0.2, 0.25) is 0 Å². The number of hydrogen-bond acceptors (Lipinski definition) is 5. The highest BCUT2D eigenvalue weighted by Crippen LogP contribution is 2.20. The first-order valence-corrected chi connectivity index (χ1v) is 4.14. The number of aromatic carboxylic acids is 1. The van der Waals surface area contributed by atoms with E-state index in [1.807, 2.05) is 0 Å². The topological polar surface area (TPSA) is 91.8 Å². The molecule has 0 aromatic carbocycles. The van der Waals surface area contributed by atoms with Gasteiger partial charge in [-0.2, -0.15) is 5.10 Å². The summed E-state index contributed by atoms with van der Waals surface area (Å²) in [6.45, 7) is 0. The van der Waals surface area contributed by atoms with Gasteiger partial charge in [-0.05, 0) is 0 Å². The number of carboxylic acids is 1. The molecule has 0 aliphatic carbocycles. The molecule has 2 heterocycles. The monoisotopic (exact) mass is 268 g/mol. The van der Waals surface area contributed by atoms with Crippen LogP contribution < -0.4 is 0 Å². The fraction of sp³-hybridized carbons (Fsp3) is 0. The molecule has 0 atom stereocenters. The van der Waals surface area contributed by atoms with E-state index in [0.717, 1.165) is 11.3 Å². The van der Waals surface area contributed by atoms with Crippen molar-refractivity contribution in [2.75, 3.05) is 0 Å². The molecule has 2 aromatic heterocycles. The summed E-state index contributed by atoms with van der Waals surface area (Å²) in [6.07, 6.45) is 2.64. The average molecular weight is 269 g/mol. The van der Waals surface area contributed by atoms with Gasteiger partial charge in [0, 0.05) is 0 Å². The standard InChI is InChI=1S/C6H4N4O2S.2ClH/c11-6(12)3-1-7-5(13-3)4-8-2-9-10-4;;/h1-2H,(H,11,12)(H,8,9,10);2*1H. The number of aromatic nitrogens is 4. The second kappa shape index (κ2) is 5.64. The number of carboxylic acid groups (broad SMARTS) is 1. The van der Waals surface area contributed by atoms with Gasteiger partial charge in [0.2, 0.25) is 0 Å². The van der Waals surface area contributed by atoms with Crippen molar-refractivity contribution in [2.45, 2.75) is 0 Å². The van der Waals surface area contributed by atoms with Crippen LogP contribution in [-0.2, 0) is 0 Å². The molecule has 0 saturated heterocycles. The third-order valence-corrected chi connectivity index (χ3v) is 2.33. The predicted molar refractivity (Wildman–Crippen MR) is 58.9 cm³/mol. The van der Waals surface area contributed by atoms with Gasteiger partial charge >= 0.3 is 5.97 Å². The van der Waals surface area contributed by atoms with E-state index in [0.29, 0.717) is 10.8 Å². The first kappa shape index (κ1) is 13.8. The molecule has 2 N–H and O–H groups in total. The summed E-state index contributed by atoms with van der Waals surface area (Å²) >= 11 is 1.05. The van der Waals surface area contributed by atoms with Crippen LogP contribution >= 0.6 is 36.2 Å². The molecule has 2 rings (SSSR count). The molecule has 0 fully saturated rings. The van der Waals surface area contributed by atoms with E-state index in [2.05, 4.69) is 20.2 Å².